The number of hydrogen-bond donors (Lipinski definition) is 3. The molecule has 0 saturated carbocycles. The minimum absolute atomic E-state index is 0.105. The van der Waals surface area contributed by atoms with Crippen molar-refractivity contribution in [3.05, 3.63) is 72.3 Å². The first-order chi connectivity index (χ1) is 14.7. The smallest absolute Gasteiger partial charge is 0.251 e. The van der Waals surface area contributed by atoms with Crippen molar-refractivity contribution < 1.29 is 14.3 Å². The van der Waals surface area contributed by atoms with E-state index in [9.17, 15) is 9.59 Å². The summed E-state index contributed by atoms with van der Waals surface area (Å²) in [6.45, 7) is 1.39. The van der Waals surface area contributed by atoms with Gasteiger partial charge in [0.25, 0.3) is 5.91 Å². The molecule has 1 saturated heterocycles. The maximum absolute atomic E-state index is 12.4. The Morgan fingerprint density at radius 2 is 1.80 bits per heavy atom. The maximum atomic E-state index is 12.4. The number of carbonyl (C=O) groups is 2. The van der Waals surface area contributed by atoms with E-state index in [1.807, 2.05) is 48.5 Å². The van der Waals surface area contributed by atoms with E-state index in [0.29, 0.717) is 17.8 Å². The molecule has 1 aliphatic rings. The van der Waals surface area contributed by atoms with Crippen LogP contribution < -0.4 is 16.0 Å². The Hall–Kier alpha value is -3.38. The molecule has 1 fully saturated rings. The van der Waals surface area contributed by atoms with Crippen LogP contribution in [-0.4, -0.2) is 37.6 Å². The molecule has 1 atom stereocenters. The lowest BCUT2D eigenvalue weighted by molar-refractivity contribution is -0.114. The van der Waals surface area contributed by atoms with Gasteiger partial charge in [-0.25, -0.2) is 0 Å². The predicted octanol–water partition coefficient (Wildman–Crippen LogP) is 3.80. The number of rotatable bonds is 7. The first-order valence-corrected chi connectivity index (χ1v) is 10.2. The van der Waals surface area contributed by atoms with Crippen molar-refractivity contribution in [1.82, 2.24) is 5.32 Å². The van der Waals surface area contributed by atoms with Crippen molar-refractivity contribution in [2.45, 2.75) is 18.9 Å². The van der Waals surface area contributed by atoms with Crippen molar-refractivity contribution in [3.63, 3.8) is 0 Å². The Kier molecular flexibility index (Phi) is 6.25. The summed E-state index contributed by atoms with van der Waals surface area (Å²) in [5.41, 5.74) is 2.02. The van der Waals surface area contributed by atoms with E-state index in [1.165, 1.54) is 0 Å². The van der Waals surface area contributed by atoms with Gasteiger partial charge in [0.1, 0.15) is 0 Å². The second kappa shape index (κ2) is 9.41. The van der Waals surface area contributed by atoms with Gasteiger partial charge in [-0.3, -0.25) is 9.59 Å². The van der Waals surface area contributed by atoms with E-state index < -0.39 is 0 Å². The van der Waals surface area contributed by atoms with Gasteiger partial charge < -0.3 is 20.7 Å². The highest BCUT2D eigenvalue weighted by Gasteiger charge is 2.16. The number of benzene rings is 3. The molecule has 6 nitrogen and oxygen atoms in total. The first-order valence-electron chi connectivity index (χ1n) is 10.2. The summed E-state index contributed by atoms with van der Waals surface area (Å²) < 4.78 is 5.53. The maximum Gasteiger partial charge on any atom is 0.251 e. The summed E-state index contributed by atoms with van der Waals surface area (Å²) >= 11 is 0. The average molecular weight is 403 g/mol. The van der Waals surface area contributed by atoms with Crippen LogP contribution in [0.2, 0.25) is 0 Å². The molecule has 6 heteroatoms. The average Bonchev–Trinajstić information content (AvgIpc) is 3.30. The van der Waals surface area contributed by atoms with E-state index in [1.54, 1.807) is 18.2 Å². The molecular formula is C24H25N3O3. The zero-order valence-electron chi connectivity index (χ0n) is 16.7. The van der Waals surface area contributed by atoms with E-state index in [-0.39, 0.29) is 24.5 Å². The molecule has 0 aliphatic carbocycles. The molecule has 4 rings (SSSR count). The van der Waals surface area contributed by atoms with Crippen LogP contribution in [0.4, 0.5) is 11.4 Å². The highest BCUT2D eigenvalue weighted by molar-refractivity contribution is 5.97. The largest absolute Gasteiger partial charge is 0.376 e. The van der Waals surface area contributed by atoms with E-state index in [4.69, 9.17) is 4.74 Å². The zero-order valence-corrected chi connectivity index (χ0v) is 16.7. The number of fused-ring (bicyclic) bond motifs is 1. The van der Waals surface area contributed by atoms with Gasteiger partial charge in [0.2, 0.25) is 5.91 Å². The normalized spacial score (nSPS) is 15.7. The van der Waals surface area contributed by atoms with Gasteiger partial charge in [-0.05, 0) is 53.9 Å². The SMILES string of the molecule is O=C(CNc1cccc(C(=O)NCC2CCCO2)c1)Nc1ccc2ccccc2c1. The van der Waals surface area contributed by atoms with Crippen LogP contribution in [0.3, 0.4) is 0 Å². The van der Waals surface area contributed by atoms with Crippen molar-refractivity contribution >= 4 is 34.0 Å². The lowest BCUT2D eigenvalue weighted by Crippen LogP contribution is -2.31. The molecule has 2 amide bonds. The van der Waals surface area contributed by atoms with Crippen LogP contribution in [0.15, 0.2) is 66.7 Å². The van der Waals surface area contributed by atoms with E-state index in [2.05, 4.69) is 16.0 Å². The Balaban J connectivity index is 1.29. The summed E-state index contributed by atoms with van der Waals surface area (Å²) in [6, 6.07) is 21.0. The first kappa shape index (κ1) is 19.9. The number of amides is 2. The fourth-order valence-corrected chi connectivity index (χ4v) is 3.54. The molecule has 3 aromatic carbocycles. The molecule has 1 unspecified atom stereocenters. The molecule has 0 bridgehead atoms. The van der Waals surface area contributed by atoms with Crippen LogP contribution in [0.25, 0.3) is 10.8 Å². The number of carbonyl (C=O) groups excluding carboxylic acids is 2. The topological polar surface area (TPSA) is 79.5 Å². The van der Waals surface area contributed by atoms with Crippen LogP contribution in [0.5, 0.6) is 0 Å². The molecule has 154 valence electrons. The van der Waals surface area contributed by atoms with Gasteiger partial charge in [-0.2, -0.15) is 0 Å². The highest BCUT2D eigenvalue weighted by Crippen LogP contribution is 2.19. The van der Waals surface area contributed by atoms with Crippen molar-refractivity contribution in [2.75, 3.05) is 30.3 Å². The van der Waals surface area contributed by atoms with Crippen LogP contribution in [0, 0.1) is 0 Å². The van der Waals surface area contributed by atoms with Gasteiger partial charge in [0.05, 0.1) is 12.6 Å². The number of hydrogen-bond acceptors (Lipinski definition) is 4. The molecule has 3 aromatic rings. The quantitative estimate of drug-likeness (QED) is 0.561. The molecule has 30 heavy (non-hydrogen) atoms. The highest BCUT2D eigenvalue weighted by atomic mass is 16.5. The van der Waals surface area contributed by atoms with Crippen LogP contribution in [-0.2, 0) is 9.53 Å². The van der Waals surface area contributed by atoms with Crippen molar-refractivity contribution in [3.8, 4) is 0 Å². The Bertz CT molecular complexity index is 1040. The molecule has 3 N–H and O–H groups in total. The number of anilines is 2. The van der Waals surface area contributed by atoms with Crippen LogP contribution in [0.1, 0.15) is 23.2 Å². The van der Waals surface area contributed by atoms with Gasteiger partial charge in [-0.15, -0.1) is 0 Å². The standard InChI is InChI=1S/C24H25N3O3/c28-23(27-21-11-10-17-5-1-2-6-18(17)13-21)16-25-20-8-3-7-19(14-20)24(29)26-15-22-9-4-12-30-22/h1-3,5-8,10-11,13-14,22,25H,4,9,12,15-16H2,(H,26,29)(H,27,28). The van der Waals surface area contributed by atoms with Gasteiger partial charge in [0.15, 0.2) is 0 Å². The van der Waals surface area contributed by atoms with Crippen molar-refractivity contribution in [2.24, 2.45) is 0 Å². The van der Waals surface area contributed by atoms with Crippen LogP contribution >= 0.6 is 0 Å². The Morgan fingerprint density at radius 1 is 0.933 bits per heavy atom. The number of ether oxygens (including phenoxy) is 1. The van der Waals surface area contributed by atoms with E-state index >= 15 is 0 Å². The lowest BCUT2D eigenvalue weighted by atomic mass is 10.1. The molecular weight excluding hydrogens is 378 g/mol. The van der Waals surface area contributed by atoms with Gasteiger partial charge in [0, 0.05) is 30.1 Å². The third-order valence-corrected chi connectivity index (χ3v) is 5.13. The summed E-state index contributed by atoms with van der Waals surface area (Å²) in [7, 11) is 0. The summed E-state index contributed by atoms with van der Waals surface area (Å²) in [4.78, 5) is 24.7. The second-order valence-corrected chi connectivity index (χ2v) is 7.39. The minimum atomic E-state index is -0.154. The fourth-order valence-electron chi connectivity index (χ4n) is 3.54. The summed E-state index contributed by atoms with van der Waals surface area (Å²) in [5.74, 6) is -0.298. The summed E-state index contributed by atoms with van der Waals surface area (Å²) in [5, 5.41) is 11.1. The van der Waals surface area contributed by atoms with Crippen molar-refractivity contribution in [1.29, 1.82) is 0 Å². The Morgan fingerprint density at radius 3 is 2.63 bits per heavy atom. The molecule has 0 radical (unpaired) electrons. The lowest BCUT2D eigenvalue weighted by Gasteiger charge is -2.12. The van der Waals surface area contributed by atoms with Gasteiger partial charge in [-0.1, -0.05) is 36.4 Å². The molecule has 0 spiro atoms. The molecule has 0 aromatic heterocycles. The second-order valence-electron chi connectivity index (χ2n) is 7.39. The number of nitrogens with one attached hydrogen (secondary N) is 3. The minimum Gasteiger partial charge on any atom is -0.376 e. The monoisotopic (exact) mass is 403 g/mol. The third kappa shape index (κ3) is 5.15. The predicted molar refractivity (Wildman–Crippen MR) is 119 cm³/mol. The molecule has 1 heterocycles. The third-order valence-electron chi connectivity index (χ3n) is 5.13. The molecule has 1 aliphatic heterocycles. The fraction of sp³-hybridized carbons (Fsp3) is 0.250. The Labute approximate surface area is 175 Å². The van der Waals surface area contributed by atoms with E-state index in [0.717, 1.165) is 35.9 Å². The van der Waals surface area contributed by atoms with Gasteiger partial charge >= 0.3 is 0 Å². The summed E-state index contributed by atoms with van der Waals surface area (Å²) in [6.07, 6.45) is 2.13. The zero-order chi connectivity index (χ0) is 20.8.